The van der Waals surface area contributed by atoms with Gasteiger partial charge in [0, 0.05) is 19.0 Å². The predicted octanol–water partition coefficient (Wildman–Crippen LogP) is 2.28. The van der Waals surface area contributed by atoms with Crippen LogP contribution in [0.15, 0.2) is 52.1 Å². The maximum Gasteiger partial charge on any atom is 0.191 e. The molecule has 4 heteroatoms. The molecule has 0 saturated heterocycles. The quantitative estimate of drug-likeness (QED) is 0.670. The number of hydrogen-bond donors (Lipinski definition) is 2. The van der Waals surface area contributed by atoms with Crippen molar-refractivity contribution in [2.24, 2.45) is 10.9 Å². The summed E-state index contributed by atoms with van der Waals surface area (Å²) in [5, 5.41) is 6.84. The zero-order valence-electron chi connectivity index (χ0n) is 12.0. The Hall–Kier alpha value is -2.23. The van der Waals surface area contributed by atoms with E-state index in [1.165, 1.54) is 17.5 Å². The van der Waals surface area contributed by atoms with Crippen LogP contribution in [-0.4, -0.2) is 19.0 Å². The van der Waals surface area contributed by atoms with Crippen molar-refractivity contribution in [3.8, 4) is 0 Å². The number of benzene rings is 1. The lowest BCUT2D eigenvalue weighted by Crippen LogP contribution is -2.39. The van der Waals surface area contributed by atoms with Crippen LogP contribution < -0.4 is 10.6 Å². The number of aliphatic imine (C=N–C) groups is 1. The number of nitrogens with one attached hydrogen (secondary N) is 2. The van der Waals surface area contributed by atoms with E-state index in [4.69, 9.17) is 4.42 Å². The zero-order chi connectivity index (χ0) is 14.2. The fraction of sp³-hybridized carbons (Fsp3) is 0.353. The number of fused-ring (bicyclic) bond motifs is 3. The van der Waals surface area contributed by atoms with Crippen molar-refractivity contribution in [1.82, 2.24) is 10.6 Å². The standard InChI is InChI=1S/C17H19N3O/c1-18-17(19-10-12-6-4-8-21-12)20-16-14-9-11-5-2-3-7-13(11)15(14)16/h2-8,14-16H,9-10H2,1H3,(H2,18,19,20). The van der Waals surface area contributed by atoms with Crippen molar-refractivity contribution in [3.63, 3.8) is 0 Å². The molecule has 3 atom stereocenters. The molecule has 2 aromatic rings. The molecule has 1 aromatic heterocycles. The first-order chi connectivity index (χ1) is 10.4. The zero-order valence-corrected chi connectivity index (χ0v) is 12.0. The Morgan fingerprint density at radius 1 is 1.29 bits per heavy atom. The molecule has 2 aliphatic carbocycles. The second-order valence-electron chi connectivity index (χ2n) is 5.77. The summed E-state index contributed by atoms with van der Waals surface area (Å²) in [5.74, 6) is 3.15. The highest BCUT2D eigenvalue weighted by molar-refractivity contribution is 5.80. The summed E-state index contributed by atoms with van der Waals surface area (Å²) < 4.78 is 5.32. The molecule has 0 radical (unpaired) electrons. The lowest BCUT2D eigenvalue weighted by atomic mass is 10.1. The van der Waals surface area contributed by atoms with Gasteiger partial charge in [-0.1, -0.05) is 24.3 Å². The van der Waals surface area contributed by atoms with Gasteiger partial charge in [0.05, 0.1) is 12.8 Å². The van der Waals surface area contributed by atoms with E-state index in [9.17, 15) is 0 Å². The molecule has 4 nitrogen and oxygen atoms in total. The van der Waals surface area contributed by atoms with Crippen LogP contribution >= 0.6 is 0 Å². The molecular weight excluding hydrogens is 262 g/mol. The van der Waals surface area contributed by atoms with Crippen LogP contribution in [0.2, 0.25) is 0 Å². The highest BCUT2D eigenvalue weighted by atomic mass is 16.3. The number of guanidine groups is 1. The van der Waals surface area contributed by atoms with Crippen LogP contribution in [0.4, 0.5) is 0 Å². The van der Waals surface area contributed by atoms with Gasteiger partial charge in [0.1, 0.15) is 5.76 Å². The van der Waals surface area contributed by atoms with Gasteiger partial charge in [-0.15, -0.1) is 0 Å². The van der Waals surface area contributed by atoms with Gasteiger partial charge in [0.15, 0.2) is 5.96 Å². The Kier molecular flexibility index (Phi) is 2.95. The third kappa shape index (κ3) is 2.20. The molecule has 2 aliphatic rings. The van der Waals surface area contributed by atoms with Crippen molar-refractivity contribution < 1.29 is 4.42 Å². The van der Waals surface area contributed by atoms with E-state index in [0.29, 0.717) is 18.5 Å². The van der Waals surface area contributed by atoms with Gasteiger partial charge in [-0.3, -0.25) is 4.99 Å². The number of nitrogens with zero attached hydrogens (tertiary/aromatic N) is 1. The fourth-order valence-electron chi connectivity index (χ4n) is 3.48. The SMILES string of the molecule is CN=C(NCc1ccco1)NC1C2Cc3ccccc3C21. The Bertz CT molecular complexity index is 662. The van der Waals surface area contributed by atoms with E-state index in [-0.39, 0.29) is 0 Å². The number of rotatable bonds is 3. The topological polar surface area (TPSA) is 49.6 Å². The molecular formula is C17H19N3O. The summed E-state index contributed by atoms with van der Waals surface area (Å²) in [6.45, 7) is 0.658. The molecule has 0 spiro atoms. The van der Waals surface area contributed by atoms with Gasteiger partial charge in [0.25, 0.3) is 0 Å². The van der Waals surface area contributed by atoms with Crippen LogP contribution in [-0.2, 0) is 13.0 Å². The third-order valence-electron chi connectivity index (χ3n) is 4.58. The van der Waals surface area contributed by atoms with Crippen LogP contribution in [0.3, 0.4) is 0 Å². The van der Waals surface area contributed by atoms with E-state index < -0.39 is 0 Å². The molecule has 2 N–H and O–H groups in total. The second-order valence-corrected chi connectivity index (χ2v) is 5.77. The summed E-state index contributed by atoms with van der Waals surface area (Å²) in [6.07, 6.45) is 2.88. The third-order valence-corrected chi connectivity index (χ3v) is 4.58. The van der Waals surface area contributed by atoms with Gasteiger partial charge in [-0.2, -0.15) is 0 Å². The molecule has 1 heterocycles. The minimum absolute atomic E-state index is 0.516. The van der Waals surface area contributed by atoms with Crippen molar-refractivity contribution >= 4 is 5.96 Å². The first kappa shape index (κ1) is 12.5. The second kappa shape index (κ2) is 4.95. The molecule has 0 amide bonds. The Balaban J connectivity index is 1.37. The van der Waals surface area contributed by atoms with Crippen LogP contribution in [0.1, 0.15) is 22.8 Å². The molecule has 4 rings (SSSR count). The summed E-state index contributed by atoms with van der Waals surface area (Å²) >= 11 is 0. The Morgan fingerprint density at radius 3 is 3.00 bits per heavy atom. The number of hydrogen-bond acceptors (Lipinski definition) is 2. The molecule has 3 unspecified atom stereocenters. The monoisotopic (exact) mass is 281 g/mol. The lowest BCUT2D eigenvalue weighted by molar-refractivity contribution is 0.501. The van der Waals surface area contributed by atoms with Crippen molar-refractivity contribution in [2.75, 3.05) is 7.05 Å². The van der Waals surface area contributed by atoms with Gasteiger partial charge in [-0.05, 0) is 35.6 Å². The van der Waals surface area contributed by atoms with Crippen LogP contribution in [0.25, 0.3) is 0 Å². The molecule has 1 aromatic carbocycles. The van der Waals surface area contributed by atoms with Crippen molar-refractivity contribution in [3.05, 3.63) is 59.5 Å². The summed E-state index contributed by atoms with van der Waals surface area (Å²) in [4.78, 5) is 4.30. The molecule has 0 bridgehead atoms. The summed E-state index contributed by atoms with van der Waals surface area (Å²) in [5.41, 5.74) is 3.03. The van der Waals surface area contributed by atoms with Crippen LogP contribution in [0.5, 0.6) is 0 Å². The van der Waals surface area contributed by atoms with Gasteiger partial charge >= 0.3 is 0 Å². The Labute approximate surface area is 124 Å². The molecule has 108 valence electrons. The normalized spacial score (nSPS) is 26.1. The van der Waals surface area contributed by atoms with Gasteiger partial charge < -0.3 is 15.1 Å². The summed E-state index contributed by atoms with van der Waals surface area (Å²) in [7, 11) is 1.81. The average molecular weight is 281 g/mol. The minimum atomic E-state index is 0.516. The first-order valence-corrected chi connectivity index (χ1v) is 7.44. The highest BCUT2D eigenvalue weighted by Gasteiger charge is 2.55. The molecule has 1 saturated carbocycles. The summed E-state index contributed by atoms with van der Waals surface area (Å²) in [6, 6.07) is 13.2. The van der Waals surface area contributed by atoms with E-state index in [2.05, 4.69) is 39.9 Å². The van der Waals surface area contributed by atoms with E-state index in [1.807, 2.05) is 19.2 Å². The smallest absolute Gasteiger partial charge is 0.191 e. The van der Waals surface area contributed by atoms with Crippen molar-refractivity contribution in [2.45, 2.75) is 24.9 Å². The van der Waals surface area contributed by atoms with E-state index >= 15 is 0 Å². The highest BCUT2D eigenvalue weighted by Crippen LogP contribution is 2.56. The van der Waals surface area contributed by atoms with E-state index in [1.54, 1.807) is 6.26 Å². The minimum Gasteiger partial charge on any atom is -0.467 e. The maximum absolute atomic E-state index is 5.32. The lowest BCUT2D eigenvalue weighted by Gasteiger charge is -2.13. The molecule has 21 heavy (non-hydrogen) atoms. The van der Waals surface area contributed by atoms with E-state index in [0.717, 1.165) is 17.6 Å². The average Bonchev–Trinajstić information content (AvgIpc) is 2.91. The van der Waals surface area contributed by atoms with Crippen LogP contribution in [0, 0.1) is 5.92 Å². The first-order valence-electron chi connectivity index (χ1n) is 7.44. The Morgan fingerprint density at radius 2 is 2.19 bits per heavy atom. The number of furan rings is 1. The molecule has 1 fully saturated rings. The molecule has 0 aliphatic heterocycles. The van der Waals surface area contributed by atoms with Gasteiger partial charge in [-0.25, -0.2) is 0 Å². The largest absolute Gasteiger partial charge is 0.467 e. The fourth-order valence-corrected chi connectivity index (χ4v) is 3.48. The maximum atomic E-state index is 5.32. The van der Waals surface area contributed by atoms with Crippen molar-refractivity contribution in [1.29, 1.82) is 0 Å². The van der Waals surface area contributed by atoms with Gasteiger partial charge in [0.2, 0.25) is 0 Å². The predicted molar refractivity (Wildman–Crippen MR) is 82.2 cm³/mol.